The molecule has 8 nitrogen and oxygen atoms in total. The number of hydrogen-bond donors (Lipinski definition) is 2. The van der Waals surface area contributed by atoms with Gasteiger partial charge in [-0.15, -0.1) is 24.0 Å². The summed E-state index contributed by atoms with van der Waals surface area (Å²) in [7, 11) is 3.29. The Hall–Kier alpha value is -2.69. The number of hydrogen-bond acceptors (Lipinski definition) is 5. The summed E-state index contributed by atoms with van der Waals surface area (Å²) in [5.74, 6) is 2.38. The largest absolute Gasteiger partial charge is 0.497 e. The van der Waals surface area contributed by atoms with Gasteiger partial charge in [-0.3, -0.25) is 9.79 Å². The summed E-state index contributed by atoms with van der Waals surface area (Å²) in [5, 5.41) is 6.29. The average Bonchev–Trinajstić information content (AvgIpc) is 2.86. The minimum absolute atomic E-state index is 0. The van der Waals surface area contributed by atoms with E-state index in [1.807, 2.05) is 12.1 Å². The van der Waals surface area contributed by atoms with Gasteiger partial charge in [0.1, 0.15) is 11.5 Å². The molecular formula is C24H34IN5O3. The summed E-state index contributed by atoms with van der Waals surface area (Å²) in [5.41, 5.74) is 1.81. The van der Waals surface area contributed by atoms with Gasteiger partial charge >= 0.3 is 0 Å². The SMILES string of the molecule is CCNC(=NCCNC(=O)c1ccc(OC)cc1)N1CCN(c2ccc(OC)cc2)CC1.I. The van der Waals surface area contributed by atoms with Crippen molar-refractivity contribution in [3.05, 3.63) is 54.1 Å². The predicted molar refractivity (Wildman–Crippen MR) is 144 cm³/mol. The standard InChI is InChI=1S/C24H33N5O3.HI/c1-4-25-24(27-14-13-26-23(30)19-5-9-21(31-2)10-6-19)29-17-15-28(16-18-29)20-7-11-22(32-3)12-8-20;/h5-12H,4,13-18H2,1-3H3,(H,25,27)(H,26,30);1H. The molecule has 0 unspecified atom stereocenters. The van der Waals surface area contributed by atoms with E-state index in [1.165, 1.54) is 5.69 Å². The van der Waals surface area contributed by atoms with Crippen LogP contribution in [-0.4, -0.2) is 76.8 Å². The summed E-state index contributed by atoms with van der Waals surface area (Å²) < 4.78 is 10.4. The number of ether oxygens (including phenoxy) is 2. The summed E-state index contributed by atoms with van der Waals surface area (Å²) in [6, 6.07) is 15.2. The Labute approximate surface area is 213 Å². The Balaban J connectivity index is 0.00000385. The average molecular weight is 567 g/mol. The van der Waals surface area contributed by atoms with E-state index in [9.17, 15) is 4.79 Å². The van der Waals surface area contributed by atoms with Gasteiger partial charge in [0, 0.05) is 50.5 Å². The molecule has 1 saturated heterocycles. The first kappa shape index (κ1) is 26.6. The Morgan fingerprint density at radius 1 is 0.909 bits per heavy atom. The fourth-order valence-electron chi connectivity index (χ4n) is 3.57. The third kappa shape index (κ3) is 7.69. The van der Waals surface area contributed by atoms with Gasteiger partial charge in [-0.1, -0.05) is 0 Å². The number of piperazine rings is 1. The van der Waals surface area contributed by atoms with Crippen LogP contribution in [0.25, 0.3) is 0 Å². The number of nitrogens with zero attached hydrogens (tertiary/aromatic N) is 3. The maximum absolute atomic E-state index is 12.3. The molecule has 0 bridgehead atoms. The molecule has 33 heavy (non-hydrogen) atoms. The van der Waals surface area contributed by atoms with Gasteiger partial charge in [0.25, 0.3) is 5.91 Å². The van der Waals surface area contributed by atoms with Crippen LogP contribution in [0.3, 0.4) is 0 Å². The number of halogens is 1. The molecule has 1 fully saturated rings. The lowest BCUT2D eigenvalue weighted by Crippen LogP contribution is -2.52. The second-order valence-corrected chi connectivity index (χ2v) is 7.39. The van der Waals surface area contributed by atoms with Gasteiger partial charge in [-0.05, 0) is 55.5 Å². The number of guanidine groups is 1. The monoisotopic (exact) mass is 567 g/mol. The van der Waals surface area contributed by atoms with Gasteiger partial charge in [-0.2, -0.15) is 0 Å². The molecule has 1 amide bonds. The second-order valence-electron chi connectivity index (χ2n) is 7.39. The van der Waals surface area contributed by atoms with Crippen molar-refractivity contribution in [2.24, 2.45) is 4.99 Å². The molecular weight excluding hydrogens is 533 g/mol. The second kappa shape index (κ2) is 13.8. The first-order valence-corrected chi connectivity index (χ1v) is 11.0. The van der Waals surface area contributed by atoms with E-state index < -0.39 is 0 Å². The van der Waals surface area contributed by atoms with E-state index in [2.05, 4.69) is 39.5 Å². The summed E-state index contributed by atoms with van der Waals surface area (Å²) in [6.07, 6.45) is 0. The molecule has 1 aliphatic heterocycles. The topological polar surface area (TPSA) is 78.4 Å². The quantitative estimate of drug-likeness (QED) is 0.221. The van der Waals surface area contributed by atoms with Crippen LogP contribution in [-0.2, 0) is 0 Å². The van der Waals surface area contributed by atoms with Crippen LogP contribution in [0, 0.1) is 0 Å². The Morgan fingerprint density at radius 3 is 2.03 bits per heavy atom. The molecule has 1 heterocycles. The zero-order valence-electron chi connectivity index (χ0n) is 19.5. The van der Waals surface area contributed by atoms with Gasteiger partial charge in [0.05, 0.1) is 20.8 Å². The first-order chi connectivity index (χ1) is 15.6. The van der Waals surface area contributed by atoms with Gasteiger partial charge in [0.15, 0.2) is 5.96 Å². The number of amides is 1. The molecule has 0 radical (unpaired) electrons. The third-order valence-electron chi connectivity index (χ3n) is 5.36. The summed E-state index contributed by atoms with van der Waals surface area (Å²) >= 11 is 0. The molecule has 0 spiro atoms. The van der Waals surface area contributed by atoms with Crippen molar-refractivity contribution in [2.45, 2.75) is 6.92 Å². The lowest BCUT2D eigenvalue weighted by molar-refractivity contribution is 0.0954. The smallest absolute Gasteiger partial charge is 0.251 e. The van der Waals surface area contributed by atoms with Crippen molar-refractivity contribution in [3.8, 4) is 11.5 Å². The van der Waals surface area contributed by atoms with Crippen LogP contribution in [0.2, 0.25) is 0 Å². The van der Waals surface area contributed by atoms with Crippen LogP contribution in [0.5, 0.6) is 11.5 Å². The van der Waals surface area contributed by atoms with Crippen LogP contribution >= 0.6 is 24.0 Å². The molecule has 2 aromatic carbocycles. The summed E-state index contributed by atoms with van der Waals surface area (Å²) in [4.78, 5) is 21.6. The minimum atomic E-state index is -0.110. The number of methoxy groups -OCH3 is 2. The molecule has 9 heteroatoms. The van der Waals surface area contributed by atoms with E-state index in [1.54, 1.807) is 38.5 Å². The van der Waals surface area contributed by atoms with E-state index in [-0.39, 0.29) is 29.9 Å². The number of rotatable bonds is 8. The van der Waals surface area contributed by atoms with E-state index >= 15 is 0 Å². The first-order valence-electron chi connectivity index (χ1n) is 11.0. The van der Waals surface area contributed by atoms with Crippen molar-refractivity contribution in [2.75, 3.05) is 64.9 Å². The third-order valence-corrected chi connectivity index (χ3v) is 5.36. The fraction of sp³-hybridized carbons (Fsp3) is 0.417. The lowest BCUT2D eigenvalue weighted by atomic mass is 10.2. The molecule has 3 rings (SSSR count). The molecule has 0 atom stereocenters. The van der Waals surface area contributed by atoms with Crippen LogP contribution < -0.4 is 25.0 Å². The van der Waals surface area contributed by atoms with Gasteiger partial charge in [-0.25, -0.2) is 0 Å². The van der Waals surface area contributed by atoms with E-state index in [0.29, 0.717) is 18.7 Å². The number of carbonyl (C=O) groups excluding carboxylic acids is 1. The molecule has 0 saturated carbocycles. The number of benzene rings is 2. The highest BCUT2D eigenvalue weighted by Gasteiger charge is 2.19. The van der Waals surface area contributed by atoms with Crippen molar-refractivity contribution >= 4 is 41.5 Å². The maximum atomic E-state index is 12.3. The maximum Gasteiger partial charge on any atom is 0.251 e. The number of carbonyl (C=O) groups is 1. The number of anilines is 1. The Morgan fingerprint density at radius 2 is 1.48 bits per heavy atom. The number of nitrogens with one attached hydrogen (secondary N) is 2. The Bertz CT molecular complexity index is 882. The molecule has 0 aliphatic carbocycles. The van der Waals surface area contributed by atoms with E-state index in [4.69, 9.17) is 14.5 Å². The highest BCUT2D eigenvalue weighted by atomic mass is 127. The highest BCUT2D eigenvalue weighted by Crippen LogP contribution is 2.20. The van der Waals surface area contributed by atoms with Gasteiger partial charge < -0.3 is 29.9 Å². The highest BCUT2D eigenvalue weighted by molar-refractivity contribution is 14.0. The molecule has 2 aromatic rings. The van der Waals surface area contributed by atoms with Crippen molar-refractivity contribution in [1.82, 2.24) is 15.5 Å². The predicted octanol–water partition coefficient (Wildman–Crippen LogP) is 2.84. The zero-order chi connectivity index (χ0) is 22.8. The van der Waals surface area contributed by atoms with Crippen LogP contribution in [0.4, 0.5) is 5.69 Å². The zero-order valence-corrected chi connectivity index (χ0v) is 21.9. The lowest BCUT2D eigenvalue weighted by Gasteiger charge is -2.37. The van der Waals surface area contributed by atoms with Crippen LogP contribution in [0.15, 0.2) is 53.5 Å². The van der Waals surface area contributed by atoms with E-state index in [0.717, 1.165) is 50.2 Å². The summed E-state index contributed by atoms with van der Waals surface area (Å²) in [6.45, 7) is 7.47. The molecule has 2 N–H and O–H groups in total. The van der Waals surface area contributed by atoms with Gasteiger partial charge in [0.2, 0.25) is 0 Å². The van der Waals surface area contributed by atoms with Crippen LogP contribution in [0.1, 0.15) is 17.3 Å². The van der Waals surface area contributed by atoms with Crippen molar-refractivity contribution in [1.29, 1.82) is 0 Å². The Kier molecular flexibility index (Phi) is 11.1. The fourth-order valence-corrected chi connectivity index (χ4v) is 3.57. The van der Waals surface area contributed by atoms with Crippen molar-refractivity contribution in [3.63, 3.8) is 0 Å². The number of aliphatic imine (C=N–C) groups is 1. The molecule has 0 aromatic heterocycles. The van der Waals surface area contributed by atoms with Crippen molar-refractivity contribution < 1.29 is 14.3 Å². The normalized spacial score (nSPS) is 13.7. The molecule has 180 valence electrons. The minimum Gasteiger partial charge on any atom is -0.497 e. The molecule has 1 aliphatic rings.